The zero-order valence-corrected chi connectivity index (χ0v) is 22.5. The molecule has 37 heavy (non-hydrogen) atoms. The lowest BCUT2D eigenvalue weighted by molar-refractivity contribution is -0.140. The number of carbonyl (C=O) groups excluding carboxylic acids is 2. The molecule has 0 spiro atoms. The lowest BCUT2D eigenvalue weighted by Crippen LogP contribution is -2.51. The summed E-state index contributed by atoms with van der Waals surface area (Å²) in [6.45, 7) is 1.14. The molecule has 0 heterocycles. The molecule has 0 bridgehead atoms. The second kappa shape index (κ2) is 12.4. The van der Waals surface area contributed by atoms with E-state index in [4.69, 9.17) is 23.2 Å². The van der Waals surface area contributed by atoms with Crippen LogP contribution in [0, 0.1) is 5.82 Å². The first-order valence-corrected chi connectivity index (χ1v) is 13.6. The second-order valence-electron chi connectivity index (χ2n) is 8.11. The van der Waals surface area contributed by atoms with E-state index in [9.17, 15) is 22.4 Å². The summed E-state index contributed by atoms with van der Waals surface area (Å²) in [6, 6.07) is 16.4. The summed E-state index contributed by atoms with van der Waals surface area (Å²) in [5, 5.41) is 3.17. The largest absolute Gasteiger partial charge is 0.357 e. The molecular weight excluding hydrogens is 540 g/mol. The first kappa shape index (κ1) is 28.4. The molecule has 0 aliphatic rings. The van der Waals surface area contributed by atoms with Crippen LogP contribution in [0.2, 0.25) is 10.0 Å². The van der Waals surface area contributed by atoms with Crippen molar-refractivity contribution in [2.75, 3.05) is 17.9 Å². The number of hydrogen-bond acceptors (Lipinski definition) is 4. The number of nitrogens with one attached hydrogen (secondary N) is 1. The van der Waals surface area contributed by atoms with E-state index >= 15 is 0 Å². The fraction of sp³-hybridized carbons (Fsp3) is 0.231. The van der Waals surface area contributed by atoms with Gasteiger partial charge in [0.1, 0.15) is 18.4 Å². The fourth-order valence-electron chi connectivity index (χ4n) is 3.78. The predicted octanol–water partition coefficient (Wildman–Crippen LogP) is 4.88. The van der Waals surface area contributed by atoms with Crippen molar-refractivity contribution in [2.24, 2.45) is 0 Å². The van der Waals surface area contributed by atoms with E-state index in [1.807, 2.05) is 0 Å². The molecule has 0 fully saturated rings. The van der Waals surface area contributed by atoms with Gasteiger partial charge < -0.3 is 10.2 Å². The van der Waals surface area contributed by atoms with Crippen LogP contribution in [-0.4, -0.2) is 44.8 Å². The summed E-state index contributed by atoms with van der Waals surface area (Å²) in [6.07, 6.45) is 0.281. The van der Waals surface area contributed by atoms with E-state index in [1.54, 1.807) is 55.5 Å². The SMILES string of the molecule is CCC(C(=O)NC)N(Cc1ccc(Cl)c(Cl)c1)C(=O)CN(c1ccccc1)S(=O)(=O)c1ccc(F)cc1. The van der Waals surface area contributed by atoms with Gasteiger partial charge in [-0.25, -0.2) is 12.8 Å². The Labute approximate surface area is 225 Å². The minimum absolute atomic E-state index is 0.0130. The second-order valence-corrected chi connectivity index (χ2v) is 10.8. The van der Waals surface area contributed by atoms with Gasteiger partial charge in [-0.3, -0.25) is 13.9 Å². The van der Waals surface area contributed by atoms with Gasteiger partial charge in [0.15, 0.2) is 0 Å². The van der Waals surface area contributed by atoms with Crippen molar-refractivity contribution < 1.29 is 22.4 Å². The van der Waals surface area contributed by atoms with Crippen LogP contribution in [0.25, 0.3) is 0 Å². The summed E-state index contributed by atoms with van der Waals surface area (Å²) in [4.78, 5) is 27.6. The molecule has 11 heteroatoms. The number of sulfonamides is 1. The van der Waals surface area contributed by atoms with Gasteiger partial charge in [-0.2, -0.15) is 0 Å². The summed E-state index contributed by atoms with van der Waals surface area (Å²) in [5.41, 5.74) is 0.848. The molecule has 3 aromatic carbocycles. The van der Waals surface area contributed by atoms with E-state index in [1.165, 1.54) is 11.9 Å². The zero-order chi connectivity index (χ0) is 27.2. The number of likely N-dealkylation sites (N-methyl/N-ethyl adjacent to an activating group) is 1. The third kappa shape index (κ3) is 6.80. The number of rotatable bonds is 10. The third-order valence-corrected chi connectivity index (χ3v) is 8.22. The maximum Gasteiger partial charge on any atom is 0.264 e. The summed E-state index contributed by atoms with van der Waals surface area (Å²) in [5.74, 6) is -1.61. The van der Waals surface area contributed by atoms with Crippen molar-refractivity contribution in [3.05, 3.63) is 94.2 Å². The molecule has 0 radical (unpaired) electrons. The van der Waals surface area contributed by atoms with E-state index < -0.39 is 40.2 Å². The van der Waals surface area contributed by atoms with Gasteiger partial charge >= 0.3 is 0 Å². The number of anilines is 1. The molecular formula is C26H26Cl2FN3O4S. The first-order chi connectivity index (χ1) is 17.6. The van der Waals surface area contributed by atoms with E-state index in [0.29, 0.717) is 10.6 Å². The highest BCUT2D eigenvalue weighted by Gasteiger charge is 2.33. The Balaban J connectivity index is 2.04. The summed E-state index contributed by atoms with van der Waals surface area (Å²) < 4.78 is 41.6. The van der Waals surface area contributed by atoms with Gasteiger partial charge in [-0.05, 0) is 60.5 Å². The molecule has 7 nitrogen and oxygen atoms in total. The van der Waals surface area contributed by atoms with E-state index in [0.717, 1.165) is 28.6 Å². The maximum absolute atomic E-state index is 13.8. The number of para-hydroxylation sites is 1. The summed E-state index contributed by atoms with van der Waals surface area (Å²) in [7, 11) is -2.80. The highest BCUT2D eigenvalue weighted by atomic mass is 35.5. The van der Waals surface area contributed by atoms with Crippen LogP contribution in [0.15, 0.2) is 77.7 Å². The predicted molar refractivity (Wildman–Crippen MR) is 143 cm³/mol. The minimum Gasteiger partial charge on any atom is -0.357 e. The topological polar surface area (TPSA) is 86.8 Å². The molecule has 0 saturated carbocycles. The molecule has 0 aliphatic carbocycles. The van der Waals surface area contributed by atoms with Gasteiger partial charge in [0.2, 0.25) is 11.8 Å². The van der Waals surface area contributed by atoms with Crippen LogP contribution in [0.1, 0.15) is 18.9 Å². The average molecular weight is 566 g/mol. The van der Waals surface area contributed by atoms with Crippen molar-refractivity contribution in [3.8, 4) is 0 Å². The van der Waals surface area contributed by atoms with Gasteiger partial charge in [0.25, 0.3) is 10.0 Å². The van der Waals surface area contributed by atoms with Crippen LogP contribution >= 0.6 is 23.2 Å². The van der Waals surface area contributed by atoms with Crippen LogP contribution in [0.5, 0.6) is 0 Å². The normalized spacial score (nSPS) is 12.0. The number of amides is 2. The quantitative estimate of drug-likeness (QED) is 0.379. The lowest BCUT2D eigenvalue weighted by Gasteiger charge is -2.33. The molecule has 2 amide bonds. The van der Waals surface area contributed by atoms with E-state index in [2.05, 4.69) is 5.32 Å². The average Bonchev–Trinajstić information content (AvgIpc) is 2.89. The van der Waals surface area contributed by atoms with Crippen molar-refractivity contribution in [2.45, 2.75) is 30.8 Å². The number of benzene rings is 3. The Hall–Kier alpha value is -3.14. The molecule has 3 aromatic rings. The van der Waals surface area contributed by atoms with Crippen molar-refractivity contribution in [1.82, 2.24) is 10.2 Å². The Bertz CT molecular complexity index is 1360. The van der Waals surface area contributed by atoms with Crippen molar-refractivity contribution >= 4 is 50.7 Å². The van der Waals surface area contributed by atoms with Crippen molar-refractivity contribution in [1.29, 1.82) is 0 Å². The molecule has 0 saturated heterocycles. The van der Waals surface area contributed by atoms with Crippen molar-refractivity contribution in [3.63, 3.8) is 0 Å². The van der Waals surface area contributed by atoms with Gasteiger partial charge in [0, 0.05) is 13.6 Å². The maximum atomic E-state index is 13.8. The summed E-state index contributed by atoms with van der Waals surface area (Å²) >= 11 is 12.2. The molecule has 0 aromatic heterocycles. The molecule has 0 aliphatic heterocycles. The number of halogens is 3. The van der Waals surface area contributed by atoms with Gasteiger partial charge in [-0.15, -0.1) is 0 Å². The zero-order valence-electron chi connectivity index (χ0n) is 20.2. The van der Waals surface area contributed by atoms with Crippen LogP contribution in [0.3, 0.4) is 0 Å². The lowest BCUT2D eigenvalue weighted by atomic mass is 10.1. The minimum atomic E-state index is -4.26. The Morgan fingerprint density at radius 1 is 0.973 bits per heavy atom. The van der Waals surface area contributed by atoms with Crippen LogP contribution in [-0.2, 0) is 26.2 Å². The Kier molecular flexibility index (Phi) is 9.53. The van der Waals surface area contributed by atoms with Crippen LogP contribution in [0.4, 0.5) is 10.1 Å². The Morgan fingerprint density at radius 2 is 1.62 bits per heavy atom. The molecule has 3 rings (SSSR count). The van der Waals surface area contributed by atoms with Gasteiger partial charge in [-0.1, -0.05) is 54.4 Å². The first-order valence-electron chi connectivity index (χ1n) is 11.4. The molecule has 1 unspecified atom stereocenters. The third-order valence-electron chi connectivity index (χ3n) is 5.69. The van der Waals surface area contributed by atoms with Crippen LogP contribution < -0.4 is 9.62 Å². The molecule has 1 N–H and O–H groups in total. The standard InChI is InChI=1S/C26H26Cl2FN3O4S/c1-3-24(26(34)30-2)31(16-18-9-14-22(27)23(28)15-18)25(33)17-32(20-7-5-4-6-8-20)37(35,36)21-12-10-19(29)11-13-21/h4-15,24H,3,16-17H2,1-2H3,(H,30,34). The monoisotopic (exact) mass is 565 g/mol. The number of nitrogens with zero attached hydrogens (tertiary/aromatic N) is 2. The number of carbonyl (C=O) groups is 2. The van der Waals surface area contributed by atoms with Gasteiger partial charge in [0.05, 0.1) is 20.6 Å². The highest BCUT2D eigenvalue weighted by molar-refractivity contribution is 7.92. The molecule has 196 valence electrons. The number of hydrogen-bond donors (Lipinski definition) is 1. The molecule has 1 atom stereocenters. The smallest absolute Gasteiger partial charge is 0.264 e. The fourth-order valence-corrected chi connectivity index (χ4v) is 5.51. The highest BCUT2D eigenvalue weighted by Crippen LogP contribution is 2.26. The Morgan fingerprint density at radius 3 is 2.19 bits per heavy atom. The van der Waals surface area contributed by atoms with E-state index in [-0.39, 0.29) is 28.6 Å².